The van der Waals surface area contributed by atoms with Crippen molar-refractivity contribution in [2.75, 3.05) is 37.8 Å². The van der Waals surface area contributed by atoms with Gasteiger partial charge in [0.25, 0.3) is 0 Å². The number of aromatic nitrogens is 2. The monoisotopic (exact) mass is 592 g/mol. The second kappa shape index (κ2) is 10.1. The number of fused-ring (bicyclic) bond motifs is 3. The predicted octanol–water partition coefficient (Wildman–Crippen LogP) is 6.30. The molecule has 0 aliphatic carbocycles. The van der Waals surface area contributed by atoms with Crippen molar-refractivity contribution in [2.45, 2.75) is 95.6 Å². The topological polar surface area (TPSA) is 77.0 Å². The molecule has 0 spiro atoms. The molecule has 2 atom stereocenters. The van der Waals surface area contributed by atoms with E-state index in [-0.39, 0.29) is 28.4 Å². The third kappa shape index (κ3) is 5.32. The van der Waals surface area contributed by atoms with Crippen LogP contribution < -0.4 is 4.90 Å². The summed E-state index contributed by atoms with van der Waals surface area (Å²) in [5, 5.41) is 0.887. The Morgan fingerprint density at radius 3 is 2.30 bits per heavy atom. The van der Waals surface area contributed by atoms with Crippen LogP contribution in [-0.4, -0.2) is 79.9 Å². The van der Waals surface area contributed by atoms with E-state index in [1.807, 2.05) is 25.7 Å². The van der Waals surface area contributed by atoms with E-state index < -0.39 is 25.2 Å². The third-order valence-corrected chi connectivity index (χ3v) is 13.7. The highest BCUT2D eigenvalue weighted by molar-refractivity contribution is 6.74. The number of halogens is 2. The van der Waals surface area contributed by atoms with Crippen LogP contribution in [0.4, 0.5) is 15.0 Å². The minimum absolute atomic E-state index is 0.0119. The van der Waals surface area contributed by atoms with Crippen LogP contribution in [0.1, 0.15) is 60.1 Å². The number of nitrogens with zero attached hydrogens (tertiary/aromatic N) is 4. The summed E-state index contributed by atoms with van der Waals surface area (Å²) >= 11 is 6.15. The van der Waals surface area contributed by atoms with E-state index in [0.717, 1.165) is 18.5 Å². The van der Waals surface area contributed by atoms with Crippen molar-refractivity contribution in [3.05, 3.63) is 28.9 Å². The fourth-order valence-electron chi connectivity index (χ4n) is 5.53. The fraction of sp³-hybridized carbons (Fsp3) is 0.690. The number of ether oxygens (including phenoxy) is 2. The summed E-state index contributed by atoms with van der Waals surface area (Å²) in [4.78, 5) is 26.4. The van der Waals surface area contributed by atoms with Gasteiger partial charge < -0.3 is 18.8 Å². The molecule has 2 aromatic heterocycles. The van der Waals surface area contributed by atoms with E-state index in [1.54, 1.807) is 12.3 Å². The molecule has 5 rings (SSSR count). The molecule has 8 nitrogen and oxygen atoms in total. The van der Waals surface area contributed by atoms with E-state index in [0.29, 0.717) is 49.5 Å². The number of anilines is 1. The van der Waals surface area contributed by atoms with Gasteiger partial charge in [-0.2, -0.15) is 0 Å². The highest BCUT2D eigenvalue weighted by Crippen LogP contribution is 2.42. The summed E-state index contributed by atoms with van der Waals surface area (Å²) in [5.41, 5.74) is -0.297. The molecule has 1 amide bonds. The van der Waals surface area contributed by atoms with Crippen molar-refractivity contribution in [2.24, 2.45) is 0 Å². The van der Waals surface area contributed by atoms with Crippen LogP contribution in [0.5, 0.6) is 0 Å². The molecule has 2 unspecified atom stereocenters. The standard InChI is InChI=1S/C29H42ClFN4O4Si/c1-27(2,3)39-26(36)35-18-9-10-19(35)14-34(13-18)25-21-12-32-24(30)23(31)20(21)11-22(33-25)29(15-37-16-29)17-38-40(7,8)28(4,5)6/h11-12,18-19H,9-10,13-17H2,1-8H3. The Hall–Kier alpha value is -2.01. The number of pyridine rings is 2. The van der Waals surface area contributed by atoms with Gasteiger partial charge in [-0.3, -0.25) is 4.90 Å². The highest BCUT2D eigenvalue weighted by Gasteiger charge is 2.48. The number of piperazine rings is 1. The zero-order chi connectivity index (χ0) is 29.3. The Morgan fingerprint density at radius 1 is 1.15 bits per heavy atom. The molecular formula is C29H42ClFN4O4Si. The van der Waals surface area contributed by atoms with Crippen molar-refractivity contribution in [1.29, 1.82) is 0 Å². The van der Waals surface area contributed by atoms with E-state index in [1.165, 1.54) is 0 Å². The molecule has 0 N–H and O–H groups in total. The lowest BCUT2D eigenvalue weighted by Crippen LogP contribution is -2.57. The Labute approximate surface area is 242 Å². The van der Waals surface area contributed by atoms with Gasteiger partial charge in [0, 0.05) is 36.7 Å². The molecule has 5 heterocycles. The summed E-state index contributed by atoms with van der Waals surface area (Å²) < 4.78 is 33.6. The van der Waals surface area contributed by atoms with Gasteiger partial charge in [-0.05, 0) is 57.8 Å². The number of carbonyl (C=O) groups excluding carboxylic acids is 1. The second-order valence-corrected chi connectivity index (χ2v) is 19.3. The lowest BCUT2D eigenvalue weighted by molar-refractivity contribution is -0.0835. The fourth-order valence-corrected chi connectivity index (χ4v) is 6.75. The maximum absolute atomic E-state index is 15.5. The molecule has 40 heavy (non-hydrogen) atoms. The first-order valence-corrected chi connectivity index (χ1v) is 17.4. The average Bonchev–Trinajstić information content (AvgIpc) is 3.08. The van der Waals surface area contributed by atoms with Gasteiger partial charge in [-0.1, -0.05) is 32.4 Å². The van der Waals surface area contributed by atoms with Gasteiger partial charge in [0.15, 0.2) is 19.3 Å². The van der Waals surface area contributed by atoms with Crippen molar-refractivity contribution in [1.82, 2.24) is 14.9 Å². The van der Waals surface area contributed by atoms with Crippen LogP contribution in [0.2, 0.25) is 23.3 Å². The molecular weight excluding hydrogens is 551 g/mol. The second-order valence-electron chi connectivity index (χ2n) is 14.2. The lowest BCUT2D eigenvalue weighted by Gasteiger charge is -2.46. The summed E-state index contributed by atoms with van der Waals surface area (Å²) in [6.07, 6.45) is 3.09. The van der Waals surface area contributed by atoms with Crippen LogP contribution in [0.3, 0.4) is 0 Å². The van der Waals surface area contributed by atoms with E-state index in [9.17, 15) is 4.79 Å². The first-order chi connectivity index (χ1) is 18.5. The summed E-state index contributed by atoms with van der Waals surface area (Å²) in [6, 6.07) is 1.77. The zero-order valence-corrected chi connectivity index (χ0v) is 26.7. The SMILES string of the molecule is CC(C)(C)OC(=O)N1C2CCC1CN(c1nc(C3(CO[Si](C)(C)C(C)(C)C)COC3)cc3c(F)c(Cl)ncc13)C2. The van der Waals surface area contributed by atoms with Gasteiger partial charge in [0.05, 0.1) is 36.4 Å². The molecule has 0 saturated carbocycles. The molecule has 3 saturated heterocycles. The lowest BCUT2D eigenvalue weighted by atomic mass is 9.82. The Balaban J connectivity index is 1.51. The zero-order valence-electron chi connectivity index (χ0n) is 24.9. The third-order valence-electron chi connectivity index (χ3n) is 8.96. The Morgan fingerprint density at radius 2 is 1.77 bits per heavy atom. The van der Waals surface area contributed by atoms with Crippen molar-refractivity contribution in [3.63, 3.8) is 0 Å². The molecule has 3 fully saturated rings. The Kier molecular flexibility index (Phi) is 7.42. The van der Waals surface area contributed by atoms with Crippen LogP contribution >= 0.6 is 11.6 Å². The molecule has 3 aliphatic rings. The summed E-state index contributed by atoms with van der Waals surface area (Å²) in [5.74, 6) is 0.107. The van der Waals surface area contributed by atoms with Crippen molar-refractivity contribution < 1.29 is 23.1 Å². The number of carbonyl (C=O) groups is 1. The molecule has 0 aromatic carbocycles. The van der Waals surface area contributed by atoms with Crippen LogP contribution in [-0.2, 0) is 19.3 Å². The van der Waals surface area contributed by atoms with Crippen LogP contribution in [0.25, 0.3) is 10.8 Å². The summed E-state index contributed by atoms with van der Waals surface area (Å²) in [7, 11) is -2.04. The van der Waals surface area contributed by atoms with Crippen molar-refractivity contribution in [3.8, 4) is 0 Å². The maximum atomic E-state index is 15.5. The Bertz CT molecular complexity index is 1290. The van der Waals surface area contributed by atoms with E-state index in [2.05, 4.69) is 43.7 Å². The molecule has 2 bridgehead atoms. The van der Waals surface area contributed by atoms with E-state index >= 15 is 4.39 Å². The largest absolute Gasteiger partial charge is 0.444 e. The molecule has 3 aliphatic heterocycles. The number of amides is 1. The van der Waals surface area contributed by atoms with Gasteiger partial charge in [0.1, 0.15) is 11.4 Å². The van der Waals surface area contributed by atoms with Crippen LogP contribution in [0, 0.1) is 5.82 Å². The minimum atomic E-state index is -2.04. The van der Waals surface area contributed by atoms with Gasteiger partial charge >= 0.3 is 6.09 Å². The molecule has 220 valence electrons. The molecule has 0 radical (unpaired) electrons. The first kappa shape index (κ1) is 29.5. The van der Waals surface area contributed by atoms with Crippen LogP contribution in [0.15, 0.2) is 12.3 Å². The highest BCUT2D eigenvalue weighted by atomic mass is 35.5. The molecule has 2 aromatic rings. The van der Waals surface area contributed by atoms with Gasteiger partial charge in [-0.15, -0.1) is 0 Å². The predicted molar refractivity (Wildman–Crippen MR) is 157 cm³/mol. The smallest absolute Gasteiger partial charge is 0.410 e. The number of hydrogen-bond donors (Lipinski definition) is 0. The summed E-state index contributed by atoms with van der Waals surface area (Å²) in [6.45, 7) is 19.3. The minimum Gasteiger partial charge on any atom is -0.444 e. The molecule has 11 heteroatoms. The van der Waals surface area contributed by atoms with Gasteiger partial charge in [0.2, 0.25) is 0 Å². The van der Waals surface area contributed by atoms with Crippen molar-refractivity contribution >= 4 is 42.6 Å². The normalized spacial score (nSPS) is 22.9. The first-order valence-electron chi connectivity index (χ1n) is 14.1. The average molecular weight is 593 g/mol. The van der Waals surface area contributed by atoms with Gasteiger partial charge in [-0.25, -0.2) is 19.2 Å². The number of hydrogen-bond acceptors (Lipinski definition) is 7. The van der Waals surface area contributed by atoms with E-state index in [4.69, 9.17) is 30.5 Å². The maximum Gasteiger partial charge on any atom is 0.410 e. The quantitative estimate of drug-likeness (QED) is 0.298. The number of rotatable bonds is 5.